The quantitative estimate of drug-likeness (QED) is 0.855. The number of nitrogens with one attached hydrogen (secondary N) is 1. The first-order valence-electron chi connectivity index (χ1n) is 6.17. The van der Waals surface area contributed by atoms with Gasteiger partial charge in [-0.2, -0.15) is 15.8 Å². The molecule has 2 atom stereocenters. The summed E-state index contributed by atoms with van der Waals surface area (Å²) in [4.78, 5) is 3.96. The Balaban J connectivity index is 2.34. The third-order valence-electron chi connectivity index (χ3n) is 3.82. The Labute approximate surface area is 111 Å². The van der Waals surface area contributed by atoms with Gasteiger partial charge in [0.15, 0.2) is 11.4 Å². The fourth-order valence-electron chi connectivity index (χ4n) is 2.70. The van der Waals surface area contributed by atoms with Crippen LogP contribution in [0.2, 0.25) is 0 Å². The summed E-state index contributed by atoms with van der Waals surface area (Å²) in [6, 6.07) is 6.31. The van der Waals surface area contributed by atoms with Gasteiger partial charge in [0.25, 0.3) is 0 Å². The maximum absolute atomic E-state index is 9.33. The molecule has 1 N–H and O–H groups in total. The van der Waals surface area contributed by atoms with E-state index in [1.54, 1.807) is 11.6 Å². The smallest absolute Gasteiger partial charge is 0.176 e. The second-order valence-corrected chi connectivity index (χ2v) is 4.77. The number of nitrogens with zero attached hydrogens (tertiary/aromatic N) is 5. The molecule has 0 aliphatic heterocycles. The van der Waals surface area contributed by atoms with Crippen molar-refractivity contribution in [3.63, 3.8) is 0 Å². The molecule has 0 bridgehead atoms. The lowest BCUT2D eigenvalue weighted by atomic mass is 9.80. The predicted octanol–water partition coefficient (Wildman–Crippen LogP) is 1.22. The van der Waals surface area contributed by atoms with Crippen molar-refractivity contribution in [2.45, 2.75) is 37.3 Å². The average molecular weight is 254 g/mol. The first-order chi connectivity index (χ1) is 9.19. The number of rotatable bonds is 2. The van der Waals surface area contributed by atoms with E-state index in [9.17, 15) is 5.26 Å². The first-order valence-corrected chi connectivity index (χ1v) is 6.17. The standard InChI is InChI=1S/C13H14N6/c1-17-13(8-16)4-2-3-10(5-13)19-9-18-11(6-14)12(19)7-15/h9-10,17H,2-5H2,1H3. The highest BCUT2D eigenvalue weighted by molar-refractivity contribution is 5.36. The predicted molar refractivity (Wildman–Crippen MR) is 66.6 cm³/mol. The lowest BCUT2D eigenvalue weighted by Gasteiger charge is -2.36. The minimum Gasteiger partial charge on any atom is -0.318 e. The van der Waals surface area contributed by atoms with Crippen molar-refractivity contribution in [3.05, 3.63) is 17.7 Å². The van der Waals surface area contributed by atoms with Crippen molar-refractivity contribution in [2.75, 3.05) is 7.05 Å². The minimum absolute atomic E-state index is 0.0325. The Morgan fingerprint density at radius 1 is 1.42 bits per heavy atom. The summed E-state index contributed by atoms with van der Waals surface area (Å²) in [5.41, 5.74) is -0.107. The average Bonchev–Trinajstić information content (AvgIpc) is 2.90. The molecule has 1 saturated carbocycles. The molecule has 1 aromatic rings. The van der Waals surface area contributed by atoms with Crippen LogP contribution in [0.4, 0.5) is 0 Å². The zero-order valence-electron chi connectivity index (χ0n) is 10.7. The lowest BCUT2D eigenvalue weighted by molar-refractivity contribution is 0.240. The van der Waals surface area contributed by atoms with Gasteiger partial charge in [-0.25, -0.2) is 4.98 Å². The molecule has 2 unspecified atom stereocenters. The first kappa shape index (κ1) is 13.1. The van der Waals surface area contributed by atoms with Crippen LogP contribution < -0.4 is 5.32 Å². The zero-order chi connectivity index (χ0) is 13.9. The van der Waals surface area contributed by atoms with E-state index in [1.165, 1.54) is 6.33 Å². The van der Waals surface area contributed by atoms with Gasteiger partial charge >= 0.3 is 0 Å². The molecule has 0 aromatic carbocycles. The molecule has 1 aromatic heterocycles. The normalized spacial score (nSPS) is 26.1. The van der Waals surface area contributed by atoms with Crippen molar-refractivity contribution >= 4 is 0 Å². The molecular formula is C13H14N6. The van der Waals surface area contributed by atoms with E-state index in [0.29, 0.717) is 6.42 Å². The molecule has 2 rings (SSSR count). The van der Waals surface area contributed by atoms with E-state index in [2.05, 4.69) is 16.4 Å². The minimum atomic E-state index is -0.549. The van der Waals surface area contributed by atoms with E-state index in [-0.39, 0.29) is 17.4 Å². The highest BCUT2D eigenvalue weighted by Crippen LogP contribution is 2.35. The Hall–Kier alpha value is -2.36. The SMILES string of the molecule is CNC1(C#N)CCCC(n2cnc(C#N)c2C#N)C1. The molecular weight excluding hydrogens is 240 g/mol. The summed E-state index contributed by atoms with van der Waals surface area (Å²) in [5, 5.41) is 30.5. The molecule has 0 saturated heterocycles. The summed E-state index contributed by atoms with van der Waals surface area (Å²) in [6.45, 7) is 0. The van der Waals surface area contributed by atoms with E-state index >= 15 is 0 Å². The van der Waals surface area contributed by atoms with Crippen LogP contribution in [0.5, 0.6) is 0 Å². The zero-order valence-corrected chi connectivity index (χ0v) is 10.7. The van der Waals surface area contributed by atoms with E-state index in [4.69, 9.17) is 10.5 Å². The van der Waals surface area contributed by atoms with Crippen LogP contribution in [0.15, 0.2) is 6.33 Å². The number of aromatic nitrogens is 2. The third-order valence-corrected chi connectivity index (χ3v) is 3.82. The van der Waals surface area contributed by atoms with Crippen LogP contribution >= 0.6 is 0 Å². The van der Waals surface area contributed by atoms with Crippen LogP contribution in [-0.4, -0.2) is 22.1 Å². The molecule has 1 fully saturated rings. The molecule has 0 spiro atoms. The molecule has 0 amide bonds. The molecule has 0 radical (unpaired) electrons. The fourth-order valence-corrected chi connectivity index (χ4v) is 2.70. The van der Waals surface area contributed by atoms with Crippen molar-refractivity contribution in [2.24, 2.45) is 0 Å². The Morgan fingerprint density at radius 2 is 2.21 bits per heavy atom. The van der Waals surface area contributed by atoms with Crippen molar-refractivity contribution in [1.82, 2.24) is 14.9 Å². The molecule has 1 aliphatic carbocycles. The largest absolute Gasteiger partial charge is 0.318 e. The summed E-state index contributed by atoms with van der Waals surface area (Å²) >= 11 is 0. The van der Waals surface area contributed by atoms with Crippen molar-refractivity contribution in [3.8, 4) is 18.2 Å². The van der Waals surface area contributed by atoms with Crippen LogP contribution in [0, 0.1) is 34.0 Å². The molecule has 6 nitrogen and oxygen atoms in total. The third kappa shape index (κ3) is 2.17. The van der Waals surface area contributed by atoms with Crippen LogP contribution in [0.25, 0.3) is 0 Å². The molecule has 96 valence electrons. The van der Waals surface area contributed by atoms with Gasteiger partial charge in [0.05, 0.1) is 12.4 Å². The molecule has 1 aliphatic rings. The molecule has 19 heavy (non-hydrogen) atoms. The summed E-state index contributed by atoms with van der Waals surface area (Å²) in [5.74, 6) is 0. The number of nitriles is 3. The maximum atomic E-state index is 9.33. The van der Waals surface area contributed by atoms with Crippen LogP contribution in [0.1, 0.15) is 43.1 Å². The van der Waals surface area contributed by atoms with Crippen LogP contribution in [-0.2, 0) is 0 Å². The summed E-state index contributed by atoms with van der Waals surface area (Å²) < 4.78 is 1.74. The fraction of sp³-hybridized carbons (Fsp3) is 0.538. The van der Waals surface area contributed by atoms with Gasteiger partial charge in [0, 0.05) is 6.04 Å². The summed E-state index contributed by atoms with van der Waals surface area (Å²) in [6.07, 6.45) is 4.75. The number of imidazole rings is 1. The van der Waals surface area contributed by atoms with Gasteiger partial charge < -0.3 is 9.88 Å². The van der Waals surface area contributed by atoms with E-state index in [0.717, 1.165) is 19.3 Å². The molecule has 6 heteroatoms. The van der Waals surface area contributed by atoms with E-state index < -0.39 is 5.54 Å². The highest BCUT2D eigenvalue weighted by atomic mass is 15.1. The van der Waals surface area contributed by atoms with Crippen molar-refractivity contribution in [1.29, 1.82) is 15.8 Å². The van der Waals surface area contributed by atoms with E-state index in [1.807, 2.05) is 12.1 Å². The van der Waals surface area contributed by atoms with Gasteiger partial charge in [-0.3, -0.25) is 0 Å². The van der Waals surface area contributed by atoms with Gasteiger partial charge in [-0.05, 0) is 32.7 Å². The lowest BCUT2D eigenvalue weighted by Crippen LogP contribution is -2.46. The number of hydrogen-bond acceptors (Lipinski definition) is 5. The van der Waals surface area contributed by atoms with Gasteiger partial charge in [-0.1, -0.05) is 0 Å². The monoisotopic (exact) mass is 254 g/mol. The molecule has 1 heterocycles. The van der Waals surface area contributed by atoms with Crippen molar-refractivity contribution < 1.29 is 0 Å². The second-order valence-electron chi connectivity index (χ2n) is 4.77. The maximum Gasteiger partial charge on any atom is 0.176 e. The number of hydrogen-bond donors (Lipinski definition) is 1. The van der Waals surface area contributed by atoms with Gasteiger partial charge in [0.1, 0.15) is 17.7 Å². The van der Waals surface area contributed by atoms with Gasteiger partial charge in [0.2, 0.25) is 0 Å². The summed E-state index contributed by atoms with van der Waals surface area (Å²) in [7, 11) is 1.78. The Morgan fingerprint density at radius 3 is 2.79 bits per heavy atom. The second kappa shape index (κ2) is 5.10. The topological polar surface area (TPSA) is 101 Å². The van der Waals surface area contributed by atoms with Crippen LogP contribution in [0.3, 0.4) is 0 Å². The highest BCUT2D eigenvalue weighted by Gasteiger charge is 2.36. The van der Waals surface area contributed by atoms with Gasteiger partial charge in [-0.15, -0.1) is 0 Å². The Bertz CT molecular complexity index is 596. The Kier molecular flexibility index (Phi) is 3.51.